The first kappa shape index (κ1) is 19.1. The van der Waals surface area contributed by atoms with E-state index in [-0.39, 0.29) is 23.0 Å². The fraction of sp³-hybridized carbons (Fsp3) is 0.208. The predicted octanol–water partition coefficient (Wildman–Crippen LogP) is 5.81. The molecule has 148 valence electrons. The molecule has 1 aliphatic rings. The van der Waals surface area contributed by atoms with E-state index in [4.69, 9.17) is 4.74 Å². The Labute approximate surface area is 168 Å². The number of rotatable bonds is 7. The zero-order chi connectivity index (χ0) is 20.2. The van der Waals surface area contributed by atoms with Gasteiger partial charge in [-0.25, -0.2) is 8.78 Å². The fourth-order valence-electron chi connectivity index (χ4n) is 3.19. The van der Waals surface area contributed by atoms with Gasteiger partial charge in [-0.1, -0.05) is 42.5 Å². The van der Waals surface area contributed by atoms with Crippen LogP contribution in [0.25, 0.3) is 0 Å². The Kier molecular flexibility index (Phi) is 5.56. The third-order valence-electron chi connectivity index (χ3n) is 4.91. The Balaban J connectivity index is 1.53. The Bertz CT molecular complexity index is 1000. The highest BCUT2D eigenvalue weighted by molar-refractivity contribution is 5.94. The number of ether oxygens (including phenoxy) is 1. The van der Waals surface area contributed by atoms with E-state index in [2.05, 4.69) is 0 Å². The first-order chi connectivity index (χ1) is 14.1. The lowest BCUT2D eigenvalue weighted by Gasteiger charge is -2.23. The van der Waals surface area contributed by atoms with E-state index in [0.717, 1.165) is 24.5 Å². The maximum atomic E-state index is 14.7. The number of nitrogens with zero attached hydrogens (tertiary/aromatic N) is 1. The van der Waals surface area contributed by atoms with Crippen molar-refractivity contribution in [2.45, 2.75) is 19.4 Å². The average molecular weight is 393 g/mol. The quantitative estimate of drug-likeness (QED) is 0.507. The van der Waals surface area contributed by atoms with Crippen molar-refractivity contribution in [3.63, 3.8) is 0 Å². The summed E-state index contributed by atoms with van der Waals surface area (Å²) in [5.74, 6) is -0.944. The highest BCUT2D eigenvalue weighted by Crippen LogP contribution is 2.31. The smallest absolute Gasteiger partial charge is 0.257 e. The van der Waals surface area contributed by atoms with Crippen molar-refractivity contribution >= 4 is 5.91 Å². The van der Waals surface area contributed by atoms with Crippen LogP contribution < -0.4 is 4.74 Å². The van der Waals surface area contributed by atoms with E-state index in [1.807, 2.05) is 30.3 Å². The second-order valence-electron chi connectivity index (χ2n) is 7.29. The Morgan fingerprint density at radius 2 is 1.66 bits per heavy atom. The minimum Gasteiger partial charge on any atom is -0.454 e. The molecule has 0 unspecified atom stereocenters. The molecule has 0 bridgehead atoms. The summed E-state index contributed by atoms with van der Waals surface area (Å²) in [6, 6.07) is 19.6. The highest BCUT2D eigenvalue weighted by atomic mass is 19.1. The second kappa shape index (κ2) is 8.43. The number of hydrogen-bond acceptors (Lipinski definition) is 2. The van der Waals surface area contributed by atoms with Gasteiger partial charge in [-0.15, -0.1) is 0 Å². The van der Waals surface area contributed by atoms with Crippen LogP contribution >= 0.6 is 0 Å². The minimum absolute atomic E-state index is 0.00501. The first-order valence-corrected chi connectivity index (χ1v) is 9.65. The second-order valence-corrected chi connectivity index (χ2v) is 7.29. The zero-order valence-electron chi connectivity index (χ0n) is 15.9. The number of carbonyl (C=O) groups excluding carboxylic acids is 1. The van der Waals surface area contributed by atoms with Crippen molar-refractivity contribution in [2.75, 3.05) is 6.54 Å². The van der Waals surface area contributed by atoms with Gasteiger partial charge in [0.2, 0.25) is 0 Å². The van der Waals surface area contributed by atoms with Crippen molar-refractivity contribution in [1.29, 1.82) is 0 Å². The maximum absolute atomic E-state index is 14.7. The van der Waals surface area contributed by atoms with E-state index in [9.17, 15) is 13.6 Å². The normalized spacial score (nSPS) is 13.2. The Hall–Kier alpha value is -3.21. The molecular formula is C24H21F2NO2. The zero-order valence-corrected chi connectivity index (χ0v) is 15.9. The summed E-state index contributed by atoms with van der Waals surface area (Å²) < 4.78 is 33.9. The van der Waals surface area contributed by atoms with E-state index in [0.29, 0.717) is 19.0 Å². The van der Waals surface area contributed by atoms with E-state index in [1.54, 1.807) is 17.0 Å². The van der Waals surface area contributed by atoms with Gasteiger partial charge in [0.25, 0.3) is 5.91 Å². The van der Waals surface area contributed by atoms with Crippen LogP contribution in [-0.4, -0.2) is 17.4 Å². The van der Waals surface area contributed by atoms with Crippen LogP contribution in [0.4, 0.5) is 8.78 Å². The van der Waals surface area contributed by atoms with E-state index >= 15 is 0 Å². The van der Waals surface area contributed by atoms with Gasteiger partial charge in [0.15, 0.2) is 11.6 Å². The summed E-state index contributed by atoms with van der Waals surface area (Å²) in [7, 11) is 0. The molecule has 0 spiro atoms. The number of benzene rings is 3. The molecule has 0 N–H and O–H groups in total. The molecule has 5 heteroatoms. The summed E-state index contributed by atoms with van der Waals surface area (Å²) >= 11 is 0. The van der Waals surface area contributed by atoms with Gasteiger partial charge in [0, 0.05) is 19.2 Å². The number of carbonyl (C=O) groups is 1. The maximum Gasteiger partial charge on any atom is 0.257 e. The summed E-state index contributed by atoms with van der Waals surface area (Å²) in [6.07, 6.45) is 2.19. The monoisotopic (exact) mass is 393 g/mol. The van der Waals surface area contributed by atoms with Crippen molar-refractivity contribution in [3.05, 3.63) is 95.6 Å². The third kappa shape index (κ3) is 4.80. The summed E-state index contributed by atoms with van der Waals surface area (Å²) in [6.45, 7) is 1.05. The van der Waals surface area contributed by atoms with Crippen molar-refractivity contribution in [1.82, 2.24) is 4.90 Å². The molecule has 4 rings (SSSR count). The first-order valence-electron chi connectivity index (χ1n) is 9.65. The van der Waals surface area contributed by atoms with Crippen molar-refractivity contribution < 1.29 is 18.3 Å². The molecular weight excluding hydrogens is 372 g/mol. The number of halogens is 2. The fourth-order valence-corrected chi connectivity index (χ4v) is 3.19. The minimum atomic E-state index is -0.683. The lowest BCUT2D eigenvalue weighted by atomic mass is 10.1. The van der Waals surface area contributed by atoms with E-state index < -0.39 is 11.6 Å². The third-order valence-corrected chi connectivity index (χ3v) is 4.91. The molecule has 0 aliphatic heterocycles. The molecule has 1 amide bonds. The van der Waals surface area contributed by atoms with Crippen LogP contribution in [0.15, 0.2) is 72.8 Å². The number of amides is 1. The molecule has 1 saturated carbocycles. The van der Waals surface area contributed by atoms with E-state index in [1.165, 1.54) is 24.3 Å². The predicted molar refractivity (Wildman–Crippen MR) is 107 cm³/mol. The molecule has 0 saturated heterocycles. The molecule has 3 aromatic rings. The topological polar surface area (TPSA) is 29.5 Å². The van der Waals surface area contributed by atoms with Gasteiger partial charge in [-0.05, 0) is 48.6 Å². The number of hydrogen-bond donors (Lipinski definition) is 0. The highest BCUT2D eigenvalue weighted by Gasteiger charge is 2.28. The largest absolute Gasteiger partial charge is 0.454 e. The van der Waals surface area contributed by atoms with Crippen LogP contribution in [0, 0.1) is 17.6 Å². The molecule has 1 fully saturated rings. The SMILES string of the molecule is O=C(c1ccc(Oc2ccccc2F)cc1F)N(Cc1ccccc1)CC1CC1. The number of para-hydroxylation sites is 1. The summed E-state index contributed by atoms with van der Waals surface area (Å²) in [5, 5.41) is 0. The lowest BCUT2D eigenvalue weighted by Crippen LogP contribution is -2.33. The van der Waals surface area contributed by atoms with Gasteiger partial charge >= 0.3 is 0 Å². The van der Waals surface area contributed by atoms with Crippen LogP contribution in [0.3, 0.4) is 0 Å². The van der Waals surface area contributed by atoms with Crippen molar-refractivity contribution in [2.24, 2.45) is 5.92 Å². The summed E-state index contributed by atoms with van der Waals surface area (Å²) in [5.41, 5.74) is 0.990. The van der Waals surface area contributed by atoms with Crippen LogP contribution in [0.1, 0.15) is 28.8 Å². The molecule has 3 aromatic carbocycles. The molecule has 0 aromatic heterocycles. The summed E-state index contributed by atoms with van der Waals surface area (Å²) in [4.78, 5) is 14.7. The average Bonchev–Trinajstić information content (AvgIpc) is 3.54. The van der Waals surface area contributed by atoms with Gasteiger partial charge in [-0.2, -0.15) is 0 Å². The van der Waals surface area contributed by atoms with Gasteiger partial charge in [0.05, 0.1) is 5.56 Å². The molecule has 3 nitrogen and oxygen atoms in total. The van der Waals surface area contributed by atoms with Crippen LogP contribution in [0.2, 0.25) is 0 Å². The van der Waals surface area contributed by atoms with Gasteiger partial charge in [0.1, 0.15) is 11.6 Å². The molecule has 0 heterocycles. The molecule has 0 atom stereocenters. The van der Waals surface area contributed by atoms with Crippen molar-refractivity contribution in [3.8, 4) is 11.5 Å². The molecule has 0 radical (unpaired) electrons. The lowest BCUT2D eigenvalue weighted by molar-refractivity contribution is 0.0730. The standard InChI is InChI=1S/C24H21F2NO2/c25-21-8-4-5-9-23(21)29-19-12-13-20(22(26)14-19)24(28)27(16-18-10-11-18)15-17-6-2-1-3-7-17/h1-9,12-14,18H,10-11,15-16H2. The molecule has 29 heavy (non-hydrogen) atoms. The van der Waals surface area contributed by atoms with Crippen LogP contribution in [-0.2, 0) is 6.54 Å². The van der Waals surface area contributed by atoms with Gasteiger partial charge in [-0.3, -0.25) is 4.79 Å². The molecule has 1 aliphatic carbocycles. The Morgan fingerprint density at radius 3 is 2.34 bits per heavy atom. The van der Waals surface area contributed by atoms with Crippen LogP contribution in [0.5, 0.6) is 11.5 Å². The van der Waals surface area contributed by atoms with Gasteiger partial charge < -0.3 is 9.64 Å². The Morgan fingerprint density at radius 1 is 0.931 bits per heavy atom.